The Kier molecular flexibility index (Phi) is 3.78. The monoisotopic (exact) mass is 182 g/mol. The smallest absolute Gasteiger partial charge is 0.407 e. The summed E-state index contributed by atoms with van der Waals surface area (Å²) in [5, 5.41) is 0. The lowest BCUT2D eigenvalue weighted by atomic mass is 10.3. The van der Waals surface area contributed by atoms with Gasteiger partial charge in [0.05, 0.1) is 0 Å². The van der Waals surface area contributed by atoms with Crippen LogP contribution in [0.5, 0.6) is 5.75 Å². The molecule has 0 aromatic heterocycles. The van der Waals surface area contributed by atoms with E-state index in [1.807, 2.05) is 6.07 Å². The molecule has 0 aliphatic carbocycles. The summed E-state index contributed by atoms with van der Waals surface area (Å²) in [7, 11) is 1.43. The highest BCUT2D eigenvalue weighted by Gasteiger charge is 2.03. The van der Waals surface area contributed by atoms with E-state index < -0.39 is 6.16 Å². The second kappa shape index (κ2) is 5.16. The number of hydrogen-bond acceptors (Lipinski definition) is 4. The third kappa shape index (κ3) is 3.57. The van der Waals surface area contributed by atoms with Crippen LogP contribution in [0.1, 0.15) is 0 Å². The Morgan fingerprint density at radius 1 is 1.31 bits per heavy atom. The molecule has 0 bridgehead atoms. The zero-order valence-corrected chi connectivity index (χ0v) is 7.23. The molecule has 0 fully saturated rings. The quantitative estimate of drug-likeness (QED) is 0.406. The molecule has 0 aliphatic rings. The molecule has 0 radical (unpaired) electrons. The topological polar surface area (TPSA) is 44.8 Å². The summed E-state index contributed by atoms with van der Waals surface area (Å²) in [5.74, 6) is 0.448. The van der Waals surface area contributed by atoms with Crippen molar-refractivity contribution in [1.29, 1.82) is 0 Å². The molecule has 70 valence electrons. The van der Waals surface area contributed by atoms with Gasteiger partial charge in [0.2, 0.25) is 0 Å². The van der Waals surface area contributed by atoms with Gasteiger partial charge in [-0.05, 0) is 12.1 Å². The SMILES string of the molecule is COCOC(=O)Oc1ccccc1. The van der Waals surface area contributed by atoms with Gasteiger partial charge in [-0.15, -0.1) is 0 Å². The first-order chi connectivity index (χ1) is 6.33. The van der Waals surface area contributed by atoms with E-state index in [4.69, 9.17) is 4.74 Å². The molecule has 1 aromatic carbocycles. The summed E-state index contributed by atoms with van der Waals surface area (Å²) < 4.78 is 13.8. The molecule has 0 heterocycles. The van der Waals surface area contributed by atoms with Crippen LogP contribution < -0.4 is 4.74 Å². The van der Waals surface area contributed by atoms with Crippen LogP contribution in [0.25, 0.3) is 0 Å². The third-order valence-electron chi connectivity index (χ3n) is 1.24. The number of methoxy groups -OCH3 is 1. The summed E-state index contributed by atoms with van der Waals surface area (Å²) >= 11 is 0. The fourth-order valence-corrected chi connectivity index (χ4v) is 0.721. The molecular weight excluding hydrogens is 172 g/mol. The number of rotatable bonds is 3. The zero-order valence-electron chi connectivity index (χ0n) is 7.23. The summed E-state index contributed by atoms with van der Waals surface area (Å²) in [6.07, 6.45) is -0.770. The maximum atomic E-state index is 10.8. The number of hydrogen-bond donors (Lipinski definition) is 0. The third-order valence-corrected chi connectivity index (χ3v) is 1.24. The van der Waals surface area contributed by atoms with Crippen molar-refractivity contribution in [2.24, 2.45) is 0 Å². The van der Waals surface area contributed by atoms with Gasteiger partial charge >= 0.3 is 6.16 Å². The molecule has 0 saturated carbocycles. The molecule has 0 aliphatic heterocycles. The predicted molar refractivity (Wildman–Crippen MR) is 45.4 cm³/mol. The molecule has 0 N–H and O–H groups in total. The minimum atomic E-state index is -0.770. The molecule has 0 amide bonds. The van der Waals surface area contributed by atoms with E-state index in [0.29, 0.717) is 5.75 Å². The number of carbonyl (C=O) groups is 1. The summed E-state index contributed by atoms with van der Waals surface area (Å²) in [6, 6.07) is 8.67. The highest BCUT2D eigenvalue weighted by Crippen LogP contribution is 2.08. The van der Waals surface area contributed by atoms with E-state index in [1.54, 1.807) is 24.3 Å². The Morgan fingerprint density at radius 3 is 2.62 bits per heavy atom. The average Bonchev–Trinajstić information content (AvgIpc) is 2.16. The van der Waals surface area contributed by atoms with Gasteiger partial charge < -0.3 is 14.2 Å². The van der Waals surface area contributed by atoms with Crippen molar-refractivity contribution in [2.45, 2.75) is 0 Å². The van der Waals surface area contributed by atoms with Crippen LogP contribution in [0.4, 0.5) is 4.79 Å². The number of carbonyl (C=O) groups excluding carboxylic acids is 1. The van der Waals surface area contributed by atoms with Crippen LogP contribution in [0, 0.1) is 0 Å². The summed E-state index contributed by atoms with van der Waals surface area (Å²) in [6.45, 7) is -0.105. The van der Waals surface area contributed by atoms with Gasteiger partial charge in [0.15, 0.2) is 6.79 Å². The Labute approximate surface area is 76.0 Å². The number of para-hydroxylation sites is 1. The minimum Gasteiger partial charge on any atom is -0.407 e. The van der Waals surface area contributed by atoms with Gasteiger partial charge in [0.25, 0.3) is 0 Å². The van der Waals surface area contributed by atoms with E-state index in [0.717, 1.165) is 0 Å². The summed E-state index contributed by atoms with van der Waals surface area (Å²) in [5.41, 5.74) is 0. The van der Waals surface area contributed by atoms with Crippen LogP contribution >= 0.6 is 0 Å². The first-order valence-electron chi connectivity index (χ1n) is 3.71. The molecule has 4 nitrogen and oxygen atoms in total. The highest BCUT2D eigenvalue weighted by molar-refractivity contribution is 5.63. The largest absolute Gasteiger partial charge is 0.515 e. The summed E-state index contributed by atoms with van der Waals surface area (Å²) in [4.78, 5) is 10.8. The second-order valence-corrected chi connectivity index (χ2v) is 2.22. The lowest BCUT2D eigenvalue weighted by Gasteiger charge is -2.03. The van der Waals surface area contributed by atoms with Crippen molar-refractivity contribution >= 4 is 6.16 Å². The van der Waals surface area contributed by atoms with Gasteiger partial charge in [-0.3, -0.25) is 0 Å². The maximum absolute atomic E-state index is 10.8. The Hall–Kier alpha value is -1.55. The molecule has 0 spiro atoms. The lowest BCUT2D eigenvalue weighted by Crippen LogP contribution is -2.11. The molecule has 0 atom stereocenters. The van der Waals surface area contributed by atoms with Crippen molar-refractivity contribution in [2.75, 3.05) is 13.9 Å². The van der Waals surface area contributed by atoms with E-state index in [-0.39, 0.29) is 6.79 Å². The first-order valence-corrected chi connectivity index (χ1v) is 3.71. The average molecular weight is 182 g/mol. The molecule has 1 rings (SSSR count). The predicted octanol–water partition coefficient (Wildman–Crippen LogP) is 1.81. The molecule has 0 unspecified atom stereocenters. The van der Waals surface area contributed by atoms with Crippen molar-refractivity contribution in [3.63, 3.8) is 0 Å². The van der Waals surface area contributed by atoms with Crippen LogP contribution in [0.2, 0.25) is 0 Å². The molecule has 13 heavy (non-hydrogen) atoms. The van der Waals surface area contributed by atoms with E-state index >= 15 is 0 Å². The van der Waals surface area contributed by atoms with E-state index in [2.05, 4.69) is 9.47 Å². The van der Waals surface area contributed by atoms with E-state index in [9.17, 15) is 4.79 Å². The maximum Gasteiger partial charge on any atom is 0.515 e. The van der Waals surface area contributed by atoms with Gasteiger partial charge in [-0.25, -0.2) is 4.79 Å². The van der Waals surface area contributed by atoms with Crippen LogP contribution in [0.3, 0.4) is 0 Å². The fourth-order valence-electron chi connectivity index (χ4n) is 0.721. The first kappa shape index (κ1) is 9.54. The minimum absolute atomic E-state index is 0.105. The molecular formula is C9H10O4. The Bertz CT molecular complexity index is 258. The van der Waals surface area contributed by atoms with Crippen molar-refractivity contribution in [3.8, 4) is 5.75 Å². The van der Waals surface area contributed by atoms with Crippen molar-refractivity contribution in [3.05, 3.63) is 30.3 Å². The Balaban J connectivity index is 2.37. The molecule has 1 aromatic rings. The Morgan fingerprint density at radius 2 is 2.00 bits per heavy atom. The number of benzene rings is 1. The van der Waals surface area contributed by atoms with Crippen molar-refractivity contribution in [1.82, 2.24) is 0 Å². The molecule has 4 heteroatoms. The van der Waals surface area contributed by atoms with Crippen LogP contribution in [-0.2, 0) is 9.47 Å². The van der Waals surface area contributed by atoms with Gasteiger partial charge in [0.1, 0.15) is 5.75 Å². The van der Waals surface area contributed by atoms with Crippen LogP contribution in [0.15, 0.2) is 30.3 Å². The standard InChI is InChI=1S/C9H10O4/c1-11-7-12-9(10)13-8-5-3-2-4-6-8/h2-6H,7H2,1H3. The van der Waals surface area contributed by atoms with Gasteiger partial charge in [0, 0.05) is 7.11 Å². The lowest BCUT2D eigenvalue weighted by molar-refractivity contribution is -0.00775. The molecule has 0 saturated heterocycles. The zero-order chi connectivity index (χ0) is 9.52. The van der Waals surface area contributed by atoms with Crippen LogP contribution in [-0.4, -0.2) is 20.1 Å². The normalized spacial score (nSPS) is 9.31. The van der Waals surface area contributed by atoms with Crippen molar-refractivity contribution < 1.29 is 19.0 Å². The fraction of sp³-hybridized carbons (Fsp3) is 0.222. The van der Waals surface area contributed by atoms with Gasteiger partial charge in [-0.2, -0.15) is 0 Å². The highest BCUT2D eigenvalue weighted by atomic mass is 16.8. The number of ether oxygens (including phenoxy) is 3. The van der Waals surface area contributed by atoms with Gasteiger partial charge in [-0.1, -0.05) is 18.2 Å². The van der Waals surface area contributed by atoms with E-state index in [1.165, 1.54) is 7.11 Å². The second-order valence-electron chi connectivity index (χ2n) is 2.22.